The summed E-state index contributed by atoms with van der Waals surface area (Å²) in [5, 5.41) is 4.12. The monoisotopic (exact) mass is 298 g/mol. The summed E-state index contributed by atoms with van der Waals surface area (Å²) >= 11 is 0. The molecular formula is C15H17F3N2O. The second kappa shape index (κ2) is 6.20. The van der Waals surface area contributed by atoms with Crippen LogP contribution < -0.4 is 10.1 Å². The van der Waals surface area contributed by atoms with Gasteiger partial charge in [-0.25, -0.2) is 0 Å². The summed E-state index contributed by atoms with van der Waals surface area (Å²) in [4.78, 5) is 4.10. The Kier molecular flexibility index (Phi) is 4.55. The van der Waals surface area contributed by atoms with Gasteiger partial charge in [0.25, 0.3) is 0 Å². The summed E-state index contributed by atoms with van der Waals surface area (Å²) in [6, 6.07) is 6.28. The number of ether oxygens (including phenoxy) is 1. The van der Waals surface area contributed by atoms with Crippen molar-refractivity contribution in [3.05, 3.63) is 30.5 Å². The fraction of sp³-hybridized carbons (Fsp3) is 0.400. The lowest BCUT2D eigenvalue weighted by atomic mass is 10.1. The van der Waals surface area contributed by atoms with Crippen molar-refractivity contribution in [2.45, 2.75) is 39.1 Å². The molecule has 3 nitrogen and oxygen atoms in total. The molecule has 1 atom stereocenters. The van der Waals surface area contributed by atoms with Crippen molar-refractivity contribution in [3.8, 4) is 5.75 Å². The highest BCUT2D eigenvalue weighted by molar-refractivity contribution is 5.91. The number of alkyl halides is 3. The Morgan fingerprint density at radius 2 is 2.05 bits per heavy atom. The highest BCUT2D eigenvalue weighted by Crippen LogP contribution is 2.29. The standard InChI is InChI=1S/C15H17F3N2O/c1-3-4-10(2)20-13-7-8-19-14-9-11(5-6-12(13)14)21-15(16,17)18/h5-10H,3-4H2,1-2H3,(H,19,20)/t10-/m1/s1. The van der Waals surface area contributed by atoms with Gasteiger partial charge in [-0.2, -0.15) is 0 Å². The van der Waals surface area contributed by atoms with Crippen LogP contribution in [0.15, 0.2) is 30.5 Å². The molecule has 2 rings (SSSR count). The number of hydrogen-bond donors (Lipinski definition) is 1. The molecule has 1 aromatic heterocycles. The maximum Gasteiger partial charge on any atom is 0.573 e. The minimum Gasteiger partial charge on any atom is -0.406 e. The van der Waals surface area contributed by atoms with E-state index in [9.17, 15) is 13.2 Å². The first kappa shape index (κ1) is 15.4. The molecule has 1 heterocycles. The van der Waals surface area contributed by atoms with Gasteiger partial charge in [0.2, 0.25) is 0 Å². The van der Waals surface area contributed by atoms with E-state index in [-0.39, 0.29) is 11.8 Å². The summed E-state index contributed by atoms with van der Waals surface area (Å²) in [5.74, 6) is -0.263. The van der Waals surface area contributed by atoms with Gasteiger partial charge in [-0.1, -0.05) is 13.3 Å². The molecule has 0 aliphatic carbocycles. The normalized spacial score (nSPS) is 13.2. The van der Waals surface area contributed by atoms with Crippen LogP contribution in [0.25, 0.3) is 10.9 Å². The van der Waals surface area contributed by atoms with Crippen LogP contribution >= 0.6 is 0 Å². The lowest BCUT2D eigenvalue weighted by molar-refractivity contribution is -0.274. The molecule has 0 spiro atoms. The molecule has 0 aliphatic heterocycles. The number of halogens is 3. The number of aromatic nitrogens is 1. The highest BCUT2D eigenvalue weighted by atomic mass is 19.4. The van der Waals surface area contributed by atoms with Crippen LogP contribution in [-0.4, -0.2) is 17.4 Å². The Bertz CT molecular complexity index is 613. The largest absolute Gasteiger partial charge is 0.573 e. The van der Waals surface area contributed by atoms with Gasteiger partial charge in [0.05, 0.1) is 5.52 Å². The summed E-state index contributed by atoms with van der Waals surface area (Å²) in [5.41, 5.74) is 1.32. The fourth-order valence-corrected chi connectivity index (χ4v) is 2.22. The zero-order valence-corrected chi connectivity index (χ0v) is 11.9. The van der Waals surface area contributed by atoms with Crippen molar-refractivity contribution in [2.75, 3.05) is 5.32 Å². The average molecular weight is 298 g/mol. The van der Waals surface area contributed by atoms with Crippen molar-refractivity contribution in [1.29, 1.82) is 0 Å². The molecule has 1 N–H and O–H groups in total. The molecule has 0 fully saturated rings. The van der Waals surface area contributed by atoms with Gasteiger partial charge in [0, 0.05) is 29.4 Å². The number of anilines is 1. The Balaban J connectivity index is 2.29. The summed E-state index contributed by atoms with van der Waals surface area (Å²) < 4.78 is 40.6. The van der Waals surface area contributed by atoms with Gasteiger partial charge in [-0.15, -0.1) is 13.2 Å². The lowest BCUT2D eigenvalue weighted by Crippen LogP contribution is -2.17. The number of nitrogens with zero attached hydrogens (tertiary/aromatic N) is 1. The van der Waals surface area contributed by atoms with E-state index in [2.05, 4.69) is 28.9 Å². The zero-order chi connectivity index (χ0) is 15.5. The Morgan fingerprint density at radius 3 is 2.71 bits per heavy atom. The SMILES string of the molecule is CCC[C@@H](C)Nc1ccnc2cc(OC(F)(F)F)ccc12. The van der Waals surface area contributed by atoms with Crippen molar-refractivity contribution in [1.82, 2.24) is 4.98 Å². The third kappa shape index (κ3) is 4.24. The second-order valence-corrected chi connectivity index (χ2v) is 4.92. The summed E-state index contributed by atoms with van der Waals surface area (Å²) in [6.45, 7) is 4.17. The Morgan fingerprint density at radius 1 is 1.29 bits per heavy atom. The van der Waals surface area contributed by atoms with Crippen LogP contribution in [0, 0.1) is 0 Å². The number of nitrogens with one attached hydrogen (secondary N) is 1. The van der Waals surface area contributed by atoms with E-state index < -0.39 is 6.36 Å². The first-order valence-corrected chi connectivity index (χ1v) is 6.80. The van der Waals surface area contributed by atoms with Gasteiger partial charge >= 0.3 is 6.36 Å². The predicted octanol–water partition coefficient (Wildman–Crippen LogP) is 4.73. The zero-order valence-electron chi connectivity index (χ0n) is 11.9. The molecule has 0 aliphatic rings. The summed E-state index contributed by atoms with van der Waals surface area (Å²) in [6.07, 6.45) is -1.06. The quantitative estimate of drug-likeness (QED) is 0.866. The molecule has 0 amide bonds. The van der Waals surface area contributed by atoms with Gasteiger partial charge < -0.3 is 10.1 Å². The predicted molar refractivity (Wildman–Crippen MR) is 76.4 cm³/mol. The van der Waals surface area contributed by atoms with E-state index in [1.807, 2.05) is 6.07 Å². The number of hydrogen-bond acceptors (Lipinski definition) is 3. The first-order valence-electron chi connectivity index (χ1n) is 6.80. The molecule has 6 heteroatoms. The second-order valence-electron chi connectivity index (χ2n) is 4.92. The molecule has 0 radical (unpaired) electrons. The molecule has 114 valence electrons. The number of rotatable bonds is 5. The molecule has 0 saturated heterocycles. The number of pyridine rings is 1. The third-order valence-corrected chi connectivity index (χ3v) is 3.07. The third-order valence-electron chi connectivity index (χ3n) is 3.07. The number of fused-ring (bicyclic) bond motifs is 1. The maximum atomic E-state index is 12.2. The molecule has 1 aromatic carbocycles. The van der Waals surface area contributed by atoms with E-state index in [1.165, 1.54) is 12.1 Å². The Labute approximate surface area is 121 Å². The molecule has 2 aromatic rings. The topological polar surface area (TPSA) is 34.2 Å². The van der Waals surface area contributed by atoms with Crippen LogP contribution in [0.4, 0.5) is 18.9 Å². The van der Waals surface area contributed by atoms with Crippen molar-refractivity contribution >= 4 is 16.6 Å². The van der Waals surface area contributed by atoms with E-state index in [1.54, 1.807) is 12.3 Å². The molecule has 0 saturated carbocycles. The van der Waals surface area contributed by atoms with E-state index in [0.717, 1.165) is 23.9 Å². The van der Waals surface area contributed by atoms with Crippen molar-refractivity contribution in [2.24, 2.45) is 0 Å². The first-order chi connectivity index (χ1) is 9.89. The van der Waals surface area contributed by atoms with Gasteiger partial charge in [-0.05, 0) is 31.5 Å². The van der Waals surface area contributed by atoms with Crippen LogP contribution in [0.3, 0.4) is 0 Å². The number of benzene rings is 1. The minimum atomic E-state index is -4.70. The van der Waals surface area contributed by atoms with Crippen LogP contribution in [0.1, 0.15) is 26.7 Å². The van der Waals surface area contributed by atoms with Gasteiger partial charge in [-0.3, -0.25) is 4.98 Å². The van der Waals surface area contributed by atoms with E-state index >= 15 is 0 Å². The highest BCUT2D eigenvalue weighted by Gasteiger charge is 2.31. The van der Waals surface area contributed by atoms with Gasteiger partial charge in [0.1, 0.15) is 5.75 Å². The van der Waals surface area contributed by atoms with E-state index in [0.29, 0.717) is 5.52 Å². The maximum absolute atomic E-state index is 12.2. The molecule has 21 heavy (non-hydrogen) atoms. The molecule has 0 unspecified atom stereocenters. The average Bonchev–Trinajstić information content (AvgIpc) is 2.37. The minimum absolute atomic E-state index is 0.263. The van der Waals surface area contributed by atoms with Crippen molar-refractivity contribution < 1.29 is 17.9 Å². The van der Waals surface area contributed by atoms with Crippen LogP contribution in [0.5, 0.6) is 5.75 Å². The molecular weight excluding hydrogens is 281 g/mol. The smallest absolute Gasteiger partial charge is 0.406 e. The fourth-order valence-electron chi connectivity index (χ4n) is 2.22. The van der Waals surface area contributed by atoms with E-state index in [4.69, 9.17) is 0 Å². The molecule has 0 bridgehead atoms. The van der Waals surface area contributed by atoms with Crippen LogP contribution in [0.2, 0.25) is 0 Å². The van der Waals surface area contributed by atoms with Crippen LogP contribution in [-0.2, 0) is 0 Å². The summed E-state index contributed by atoms with van der Waals surface area (Å²) in [7, 11) is 0. The lowest BCUT2D eigenvalue weighted by Gasteiger charge is -2.16. The Hall–Kier alpha value is -1.98. The van der Waals surface area contributed by atoms with Gasteiger partial charge in [0.15, 0.2) is 0 Å². The van der Waals surface area contributed by atoms with Crippen molar-refractivity contribution in [3.63, 3.8) is 0 Å².